The monoisotopic (exact) mass is 411 g/mol. The largest absolute Gasteiger partial charge is 0.342 e. The molecule has 3 aromatic rings. The first-order valence-electron chi connectivity index (χ1n) is 9.82. The Morgan fingerprint density at radius 3 is 2.79 bits per heavy atom. The molecule has 0 radical (unpaired) electrons. The van der Waals surface area contributed by atoms with Crippen LogP contribution < -0.4 is 5.32 Å². The van der Waals surface area contributed by atoms with Crippen LogP contribution in [0.2, 0.25) is 0 Å². The topological polar surface area (TPSA) is 85.8 Å². The van der Waals surface area contributed by atoms with Crippen molar-refractivity contribution in [1.29, 1.82) is 0 Å². The van der Waals surface area contributed by atoms with Crippen LogP contribution in [-0.4, -0.2) is 31.4 Å². The van der Waals surface area contributed by atoms with Gasteiger partial charge in [-0.05, 0) is 43.9 Å². The lowest BCUT2D eigenvalue weighted by molar-refractivity contribution is -0.120. The number of carbonyl (C=O) groups excluding carboxylic acids is 1. The fourth-order valence-corrected chi connectivity index (χ4v) is 4.63. The van der Waals surface area contributed by atoms with E-state index in [9.17, 15) is 4.79 Å². The maximum atomic E-state index is 12.8. The van der Waals surface area contributed by atoms with Gasteiger partial charge in [0.15, 0.2) is 11.0 Å². The molecule has 1 aromatic carbocycles. The van der Waals surface area contributed by atoms with Gasteiger partial charge in [0, 0.05) is 19.3 Å². The first-order valence-corrected chi connectivity index (χ1v) is 10.8. The molecule has 0 spiro atoms. The van der Waals surface area contributed by atoms with Gasteiger partial charge in [0.2, 0.25) is 11.8 Å². The zero-order valence-corrected chi connectivity index (χ0v) is 17.8. The van der Waals surface area contributed by atoms with E-state index < -0.39 is 5.54 Å². The number of aromatic nitrogens is 4. The second-order valence-corrected chi connectivity index (χ2v) is 8.58. The van der Waals surface area contributed by atoms with Crippen molar-refractivity contribution in [1.82, 2.24) is 25.0 Å². The van der Waals surface area contributed by atoms with Crippen molar-refractivity contribution in [3.8, 4) is 5.69 Å². The highest BCUT2D eigenvalue weighted by atomic mass is 32.2. The van der Waals surface area contributed by atoms with E-state index in [1.807, 2.05) is 10.8 Å². The molecule has 0 aliphatic heterocycles. The Balaban J connectivity index is 1.47. The normalized spacial score (nSPS) is 15.6. The van der Waals surface area contributed by atoms with Crippen LogP contribution in [0.15, 0.2) is 40.3 Å². The van der Waals surface area contributed by atoms with Crippen LogP contribution in [0.25, 0.3) is 5.69 Å². The van der Waals surface area contributed by atoms with Crippen molar-refractivity contribution in [3.05, 3.63) is 53.4 Å². The number of nitrogens with one attached hydrogen (secondary N) is 1. The third kappa shape index (κ3) is 4.07. The first kappa shape index (κ1) is 19.7. The number of nitrogens with zero attached hydrogens (tertiary/aromatic N) is 4. The molecular weight excluding hydrogens is 386 g/mol. The summed E-state index contributed by atoms with van der Waals surface area (Å²) in [5, 5.41) is 8.06. The Hall–Kier alpha value is -2.61. The average Bonchev–Trinajstić information content (AvgIpc) is 3.43. The van der Waals surface area contributed by atoms with Crippen LogP contribution in [0.3, 0.4) is 0 Å². The number of carbonyl (C=O) groups is 1. The lowest BCUT2D eigenvalue weighted by atomic mass is 9.96. The zero-order chi connectivity index (χ0) is 20.4. The van der Waals surface area contributed by atoms with Crippen molar-refractivity contribution in [2.24, 2.45) is 0 Å². The van der Waals surface area contributed by atoms with Crippen molar-refractivity contribution in [2.75, 3.05) is 5.75 Å². The zero-order valence-electron chi connectivity index (χ0n) is 16.9. The summed E-state index contributed by atoms with van der Waals surface area (Å²) < 4.78 is 7.19. The second-order valence-electron chi connectivity index (χ2n) is 7.63. The highest BCUT2D eigenvalue weighted by molar-refractivity contribution is 7.99. The van der Waals surface area contributed by atoms with Gasteiger partial charge in [0.1, 0.15) is 5.54 Å². The maximum Gasteiger partial charge on any atom is 0.231 e. The van der Waals surface area contributed by atoms with Gasteiger partial charge in [0.05, 0.1) is 11.4 Å². The summed E-state index contributed by atoms with van der Waals surface area (Å²) in [4.78, 5) is 21.6. The fraction of sp³-hybridized carbons (Fsp3) is 0.429. The van der Waals surface area contributed by atoms with Gasteiger partial charge < -0.3 is 9.84 Å². The highest BCUT2D eigenvalue weighted by Crippen LogP contribution is 2.37. The molecule has 1 N–H and O–H groups in total. The summed E-state index contributed by atoms with van der Waals surface area (Å²) in [5.41, 5.74) is 2.92. The van der Waals surface area contributed by atoms with Gasteiger partial charge >= 0.3 is 0 Å². The highest BCUT2D eigenvalue weighted by Gasteiger charge is 2.41. The van der Waals surface area contributed by atoms with Crippen LogP contribution >= 0.6 is 11.8 Å². The van der Waals surface area contributed by atoms with Gasteiger partial charge in [-0.3, -0.25) is 9.36 Å². The number of rotatable bonds is 6. The number of hydrogen-bond acceptors (Lipinski definition) is 6. The Kier molecular flexibility index (Phi) is 5.45. The predicted octanol–water partition coefficient (Wildman–Crippen LogP) is 3.86. The molecule has 0 bridgehead atoms. The summed E-state index contributed by atoms with van der Waals surface area (Å²) in [6, 6.07) is 6.33. The molecule has 2 aromatic heterocycles. The minimum atomic E-state index is -0.516. The number of amides is 1. The molecule has 0 unspecified atom stereocenters. The van der Waals surface area contributed by atoms with E-state index in [0.29, 0.717) is 11.7 Å². The first-order chi connectivity index (χ1) is 14.0. The SMILES string of the molecule is Cc1ccc(C)c(-n2ccnc2SCC(=O)NC2(c3noc(C)n3)CCCC2)c1. The van der Waals surface area contributed by atoms with Crippen LogP contribution in [-0.2, 0) is 10.3 Å². The van der Waals surface area contributed by atoms with Crippen molar-refractivity contribution in [3.63, 3.8) is 0 Å². The standard InChI is InChI=1S/C21H25N5O2S/c1-14-6-7-15(2)17(12-14)26-11-10-22-20(26)29-13-18(27)24-21(8-4-5-9-21)19-23-16(3)28-25-19/h6-7,10-12H,4-5,8-9,13H2,1-3H3,(H,24,27). The van der Waals surface area contributed by atoms with Crippen molar-refractivity contribution < 1.29 is 9.32 Å². The Labute approximate surface area is 174 Å². The number of thioether (sulfide) groups is 1. The maximum absolute atomic E-state index is 12.8. The Morgan fingerprint density at radius 2 is 2.07 bits per heavy atom. The minimum absolute atomic E-state index is 0.0464. The van der Waals surface area contributed by atoms with Crippen molar-refractivity contribution in [2.45, 2.75) is 57.1 Å². The quantitative estimate of drug-likeness (QED) is 0.620. The van der Waals surface area contributed by atoms with E-state index >= 15 is 0 Å². The number of hydrogen-bond donors (Lipinski definition) is 1. The van der Waals surface area contributed by atoms with Crippen LogP contribution in [0.5, 0.6) is 0 Å². The van der Waals surface area contributed by atoms with E-state index in [1.54, 1.807) is 13.1 Å². The van der Waals surface area contributed by atoms with Crippen LogP contribution in [0.1, 0.15) is 48.5 Å². The molecule has 1 amide bonds. The third-order valence-corrected chi connectivity index (χ3v) is 6.32. The van der Waals surface area contributed by atoms with E-state index in [0.717, 1.165) is 42.1 Å². The Morgan fingerprint density at radius 1 is 1.28 bits per heavy atom. The Bertz CT molecular complexity index is 1020. The molecule has 1 aliphatic carbocycles. The van der Waals surface area contributed by atoms with Crippen LogP contribution in [0, 0.1) is 20.8 Å². The van der Waals surface area contributed by atoms with E-state index in [1.165, 1.54) is 17.3 Å². The molecular formula is C21H25N5O2S. The van der Waals surface area contributed by atoms with Gasteiger partial charge in [0.25, 0.3) is 0 Å². The van der Waals surface area contributed by atoms with Crippen LogP contribution in [0.4, 0.5) is 0 Å². The third-order valence-electron chi connectivity index (χ3n) is 5.35. The molecule has 29 heavy (non-hydrogen) atoms. The minimum Gasteiger partial charge on any atom is -0.342 e. The van der Waals surface area contributed by atoms with E-state index in [4.69, 9.17) is 4.52 Å². The summed E-state index contributed by atoms with van der Waals surface area (Å²) in [5.74, 6) is 1.34. The van der Waals surface area contributed by atoms with Gasteiger partial charge in [-0.15, -0.1) is 0 Å². The van der Waals surface area contributed by atoms with E-state index in [2.05, 4.69) is 52.5 Å². The number of aryl methyl sites for hydroxylation is 3. The summed E-state index contributed by atoms with van der Waals surface area (Å²) >= 11 is 1.43. The number of benzene rings is 1. The molecule has 2 heterocycles. The second kappa shape index (κ2) is 8.02. The van der Waals surface area contributed by atoms with Gasteiger partial charge in [-0.25, -0.2) is 4.98 Å². The molecule has 1 fully saturated rings. The molecule has 7 nitrogen and oxygen atoms in total. The summed E-state index contributed by atoms with van der Waals surface area (Å²) in [7, 11) is 0. The summed E-state index contributed by atoms with van der Waals surface area (Å²) in [6.07, 6.45) is 7.44. The molecule has 152 valence electrons. The van der Waals surface area contributed by atoms with Gasteiger partial charge in [-0.1, -0.05) is 41.9 Å². The summed E-state index contributed by atoms with van der Waals surface area (Å²) in [6.45, 7) is 5.91. The van der Waals surface area contributed by atoms with E-state index in [-0.39, 0.29) is 11.7 Å². The molecule has 0 atom stereocenters. The molecule has 0 saturated heterocycles. The lowest BCUT2D eigenvalue weighted by Crippen LogP contribution is -2.45. The predicted molar refractivity (Wildman–Crippen MR) is 111 cm³/mol. The molecule has 1 aliphatic rings. The molecule has 8 heteroatoms. The average molecular weight is 412 g/mol. The molecule has 4 rings (SSSR count). The smallest absolute Gasteiger partial charge is 0.231 e. The van der Waals surface area contributed by atoms with Gasteiger partial charge in [-0.2, -0.15) is 4.98 Å². The molecule has 1 saturated carbocycles. The van der Waals surface area contributed by atoms with Crippen molar-refractivity contribution >= 4 is 17.7 Å². The number of imidazole rings is 1. The lowest BCUT2D eigenvalue weighted by Gasteiger charge is -2.26. The fourth-order valence-electron chi connectivity index (χ4n) is 3.87.